The smallest absolute Gasteiger partial charge is 0.251 e. The van der Waals surface area contributed by atoms with Crippen LogP contribution in [0.15, 0.2) is 18.2 Å². The van der Waals surface area contributed by atoms with Gasteiger partial charge < -0.3 is 14.8 Å². The maximum absolute atomic E-state index is 11.9. The normalized spacial score (nSPS) is 18.1. The zero-order chi connectivity index (χ0) is 14.7. The van der Waals surface area contributed by atoms with Crippen LogP contribution >= 0.6 is 12.2 Å². The Morgan fingerprint density at radius 3 is 2.55 bits per heavy atom. The van der Waals surface area contributed by atoms with Crippen molar-refractivity contribution in [2.45, 2.75) is 19.4 Å². The Morgan fingerprint density at radius 1 is 1.30 bits per heavy atom. The summed E-state index contributed by atoms with van der Waals surface area (Å²) < 4.78 is 10.5. The largest absolute Gasteiger partial charge is 0.493 e. The van der Waals surface area contributed by atoms with E-state index in [-0.39, 0.29) is 11.9 Å². The molecule has 0 spiro atoms. The fourth-order valence-corrected chi connectivity index (χ4v) is 2.51. The van der Waals surface area contributed by atoms with E-state index < -0.39 is 0 Å². The minimum atomic E-state index is -0.229. The van der Waals surface area contributed by atoms with Gasteiger partial charge in [0.25, 0.3) is 5.91 Å². The predicted octanol–water partition coefficient (Wildman–Crippen LogP) is 1.35. The lowest BCUT2D eigenvalue weighted by Crippen LogP contribution is -2.32. The molecule has 20 heavy (non-hydrogen) atoms. The lowest BCUT2D eigenvalue weighted by Gasteiger charge is -2.15. The Morgan fingerprint density at radius 2 is 2.00 bits per heavy atom. The van der Waals surface area contributed by atoms with E-state index in [1.165, 1.54) is 0 Å². The van der Waals surface area contributed by atoms with Gasteiger partial charge in [-0.05, 0) is 43.3 Å². The molecule has 1 heterocycles. The summed E-state index contributed by atoms with van der Waals surface area (Å²) in [5.74, 6) is 1.40. The maximum Gasteiger partial charge on any atom is 0.251 e. The summed E-state index contributed by atoms with van der Waals surface area (Å²) in [6.07, 6.45) is 0.709. The van der Waals surface area contributed by atoms with Crippen LogP contribution in [0.5, 0.6) is 11.5 Å². The van der Waals surface area contributed by atoms with Crippen LogP contribution in [0.2, 0.25) is 0 Å². The van der Waals surface area contributed by atoms with Crippen LogP contribution in [0.3, 0.4) is 0 Å². The third-order valence-corrected chi connectivity index (χ3v) is 3.63. The summed E-state index contributed by atoms with van der Waals surface area (Å²) in [4.78, 5) is 13.5. The summed E-state index contributed by atoms with van der Waals surface area (Å²) in [6, 6.07) is 5.51. The molecule has 0 unspecified atom stereocenters. The first-order valence-corrected chi connectivity index (χ1v) is 6.80. The number of carbonyl (C=O) groups is 1. The molecular formula is C14H18N2O3S. The second-order valence-corrected chi connectivity index (χ2v) is 4.99. The van der Waals surface area contributed by atoms with E-state index in [0.717, 1.165) is 5.56 Å². The Bertz CT molecular complexity index is 533. The maximum atomic E-state index is 11.9. The van der Waals surface area contributed by atoms with E-state index in [0.29, 0.717) is 29.6 Å². The van der Waals surface area contributed by atoms with Gasteiger partial charge in [-0.3, -0.25) is 9.69 Å². The molecule has 1 fully saturated rings. The zero-order valence-electron chi connectivity index (χ0n) is 11.8. The Hall–Kier alpha value is -1.82. The SMILES string of the molecule is COc1ccc(CCN2C(=O)[C@@H](C)NC2=S)cc1OC. The summed E-state index contributed by atoms with van der Waals surface area (Å²) in [7, 11) is 3.21. The van der Waals surface area contributed by atoms with Crippen LogP contribution in [-0.4, -0.2) is 42.7 Å². The van der Waals surface area contributed by atoms with Crippen LogP contribution < -0.4 is 14.8 Å². The molecule has 1 aromatic carbocycles. The van der Waals surface area contributed by atoms with E-state index in [1.54, 1.807) is 19.1 Å². The fraction of sp³-hybridized carbons (Fsp3) is 0.429. The number of carbonyl (C=O) groups excluding carboxylic acids is 1. The van der Waals surface area contributed by atoms with Crippen molar-refractivity contribution in [2.24, 2.45) is 0 Å². The van der Waals surface area contributed by atoms with Gasteiger partial charge in [-0.2, -0.15) is 0 Å². The molecule has 1 aliphatic heterocycles. The van der Waals surface area contributed by atoms with E-state index in [1.807, 2.05) is 25.1 Å². The number of hydrogen-bond acceptors (Lipinski definition) is 4. The van der Waals surface area contributed by atoms with Crippen molar-refractivity contribution >= 4 is 23.2 Å². The molecule has 1 aliphatic rings. The molecule has 1 aromatic rings. The van der Waals surface area contributed by atoms with E-state index in [9.17, 15) is 4.79 Å². The lowest BCUT2D eigenvalue weighted by atomic mass is 10.1. The van der Waals surface area contributed by atoms with Crippen LogP contribution in [0.4, 0.5) is 0 Å². The number of nitrogens with one attached hydrogen (secondary N) is 1. The molecule has 0 saturated carbocycles. The molecule has 2 rings (SSSR count). The second kappa shape index (κ2) is 6.09. The van der Waals surface area contributed by atoms with Crippen molar-refractivity contribution in [1.29, 1.82) is 0 Å². The average Bonchev–Trinajstić information content (AvgIpc) is 2.70. The first-order valence-electron chi connectivity index (χ1n) is 6.39. The number of rotatable bonds is 5. The Kier molecular flexibility index (Phi) is 4.44. The number of ether oxygens (including phenoxy) is 2. The highest BCUT2D eigenvalue weighted by Crippen LogP contribution is 2.27. The van der Waals surface area contributed by atoms with Gasteiger partial charge in [-0.25, -0.2) is 0 Å². The topological polar surface area (TPSA) is 50.8 Å². The first kappa shape index (κ1) is 14.6. The highest BCUT2D eigenvalue weighted by Gasteiger charge is 2.31. The van der Waals surface area contributed by atoms with Gasteiger partial charge in [-0.1, -0.05) is 6.07 Å². The predicted molar refractivity (Wildman–Crippen MR) is 80.2 cm³/mol. The van der Waals surface area contributed by atoms with Gasteiger partial charge in [0.15, 0.2) is 16.6 Å². The van der Waals surface area contributed by atoms with Crippen LogP contribution in [0.1, 0.15) is 12.5 Å². The lowest BCUT2D eigenvalue weighted by molar-refractivity contribution is -0.126. The fourth-order valence-electron chi connectivity index (χ4n) is 2.15. The molecule has 1 saturated heterocycles. The van der Waals surface area contributed by atoms with Crippen molar-refractivity contribution in [3.63, 3.8) is 0 Å². The van der Waals surface area contributed by atoms with Crippen molar-refractivity contribution < 1.29 is 14.3 Å². The van der Waals surface area contributed by atoms with Crippen LogP contribution in [0, 0.1) is 0 Å². The van der Waals surface area contributed by atoms with Crippen molar-refractivity contribution in [3.05, 3.63) is 23.8 Å². The first-order chi connectivity index (χ1) is 9.56. The van der Waals surface area contributed by atoms with Gasteiger partial charge in [0.05, 0.1) is 14.2 Å². The molecule has 0 aliphatic carbocycles. The summed E-state index contributed by atoms with van der Waals surface area (Å²) in [6.45, 7) is 2.37. The highest BCUT2D eigenvalue weighted by molar-refractivity contribution is 7.80. The number of hydrogen-bond donors (Lipinski definition) is 1. The van der Waals surface area contributed by atoms with Gasteiger partial charge >= 0.3 is 0 Å². The molecule has 0 radical (unpaired) electrons. The van der Waals surface area contributed by atoms with E-state index in [2.05, 4.69) is 5.32 Å². The van der Waals surface area contributed by atoms with Crippen LogP contribution in [0.25, 0.3) is 0 Å². The number of thiocarbonyl (C=S) groups is 1. The molecule has 108 valence electrons. The minimum absolute atomic E-state index is 0.0236. The van der Waals surface area contributed by atoms with Crippen LogP contribution in [-0.2, 0) is 11.2 Å². The quantitative estimate of drug-likeness (QED) is 0.831. The summed E-state index contributed by atoms with van der Waals surface area (Å²) >= 11 is 5.15. The van der Waals surface area contributed by atoms with Crippen molar-refractivity contribution in [1.82, 2.24) is 10.2 Å². The number of amides is 1. The molecule has 1 N–H and O–H groups in total. The zero-order valence-corrected chi connectivity index (χ0v) is 12.6. The summed E-state index contributed by atoms with van der Waals surface area (Å²) in [5.41, 5.74) is 1.07. The number of methoxy groups -OCH3 is 2. The number of benzene rings is 1. The monoisotopic (exact) mass is 294 g/mol. The minimum Gasteiger partial charge on any atom is -0.493 e. The Balaban J connectivity index is 2.04. The molecular weight excluding hydrogens is 276 g/mol. The average molecular weight is 294 g/mol. The van der Waals surface area contributed by atoms with Crippen molar-refractivity contribution in [3.8, 4) is 11.5 Å². The summed E-state index contributed by atoms with van der Waals surface area (Å²) in [5, 5.41) is 3.46. The van der Waals surface area contributed by atoms with E-state index in [4.69, 9.17) is 21.7 Å². The Labute approximate surface area is 123 Å². The molecule has 6 heteroatoms. The van der Waals surface area contributed by atoms with Gasteiger partial charge in [0, 0.05) is 6.54 Å². The standard InChI is InChI=1S/C14H18N2O3S/c1-9-13(17)16(14(20)15-9)7-6-10-4-5-11(18-2)12(8-10)19-3/h4-5,8-9H,6-7H2,1-3H3,(H,15,20)/t9-/m1/s1. The molecule has 1 amide bonds. The molecule has 0 aromatic heterocycles. The molecule has 5 nitrogen and oxygen atoms in total. The second-order valence-electron chi connectivity index (χ2n) is 4.60. The van der Waals surface area contributed by atoms with Gasteiger partial charge in [0.1, 0.15) is 6.04 Å². The van der Waals surface area contributed by atoms with Crippen molar-refractivity contribution in [2.75, 3.05) is 20.8 Å². The van der Waals surface area contributed by atoms with E-state index >= 15 is 0 Å². The third-order valence-electron chi connectivity index (χ3n) is 3.29. The van der Waals surface area contributed by atoms with Gasteiger partial charge in [0.2, 0.25) is 0 Å². The number of nitrogens with zero attached hydrogens (tertiary/aromatic N) is 1. The third kappa shape index (κ3) is 2.85. The van der Waals surface area contributed by atoms with Gasteiger partial charge in [-0.15, -0.1) is 0 Å². The highest BCUT2D eigenvalue weighted by atomic mass is 32.1. The molecule has 1 atom stereocenters. The molecule has 0 bridgehead atoms.